The number of hydrogen-bond acceptors (Lipinski definition) is 4. The van der Waals surface area contributed by atoms with Crippen LogP contribution in [0.3, 0.4) is 0 Å². The zero-order valence-electron chi connectivity index (χ0n) is 11.0. The summed E-state index contributed by atoms with van der Waals surface area (Å²) < 4.78 is 5.16. The van der Waals surface area contributed by atoms with Crippen molar-refractivity contribution in [1.29, 1.82) is 0 Å². The van der Waals surface area contributed by atoms with E-state index in [1.54, 1.807) is 16.8 Å². The highest BCUT2D eigenvalue weighted by atomic mass is 16.6. The first kappa shape index (κ1) is 11.7. The predicted octanol–water partition coefficient (Wildman–Crippen LogP) is 0.448. The Labute approximate surface area is 115 Å². The van der Waals surface area contributed by atoms with Gasteiger partial charge in [-0.25, -0.2) is 4.79 Å². The van der Waals surface area contributed by atoms with Crippen molar-refractivity contribution in [2.45, 2.75) is 25.0 Å². The van der Waals surface area contributed by atoms with Crippen LogP contribution < -0.4 is 9.80 Å². The highest BCUT2D eigenvalue weighted by Gasteiger charge is 2.48. The zero-order chi connectivity index (χ0) is 14.0. The minimum Gasteiger partial charge on any atom is -0.441 e. The molecule has 0 bridgehead atoms. The Morgan fingerprint density at radius 3 is 2.80 bits per heavy atom. The Balaban J connectivity index is 1.83. The number of rotatable bonds is 1. The van der Waals surface area contributed by atoms with Crippen LogP contribution in [0.4, 0.5) is 16.2 Å². The third kappa shape index (κ3) is 1.27. The SMILES string of the molecule is CN1C(=O)Cc2c1ccc1c2C[C@H]2[C@H](CO)OC(=O)N12. The van der Waals surface area contributed by atoms with E-state index in [9.17, 15) is 14.7 Å². The number of benzene rings is 1. The molecule has 4 rings (SSSR count). The van der Waals surface area contributed by atoms with E-state index in [4.69, 9.17) is 4.74 Å². The van der Waals surface area contributed by atoms with E-state index in [0.29, 0.717) is 12.8 Å². The van der Waals surface area contributed by atoms with Crippen molar-refractivity contribution >= 4 is 23.4 Å². The lowest BCUT2D eigenvalue weighted by atomic mass is 9.99. The molecule has 0 aromatic heterocycles. The Morgan fingerprint density at radius 2 is 2.05 bits per heavy atom. The summed E-state index contributed by atoms with van der Waals surface area (Å²) in [4.78, 5) is 27.0. The lowest BCUT2D eigenvalue weighted by Gasteiger charge is -2.15. The number of ether oxygens (including phenoxy) is 1. The Morgan fingerprint density at radius 1 is 1.30 bits per heavy atom. The van der Waals surface area contributed by atoms with E-state index >= 15 is 0 Å². The maximum Gasteiger partial charge on any atom is 0.415 e. The molecule has 3 heterocycles. The fourth-order valence-electron chi connectivity index (χ4n) is 3.47. The van der Waals surface area contributed by atoms with Gasteiger partial charge in [0.05, 0.1) is 24.8 Å². The second-order valence-corrected chi connectivity index (χ2v) is 5.44. The van der Waals surface area contributed by atoms with E-state index in [1.807, 2.05) is 12.1 Å². The van der Waals surface area contributed by atoms with Crippen molar-refractivity contribution in [3.05, 3.63) is 23.3 Å². The molecule has 3 aliphatic heterocycles. The van der Waals surface area contributed by atoms with Gasteiger partial charge in [-0.05, 0) is 29.7 Å². The molecule has 6 heteroatoms. The maximum atomic E-state index is 11.9. The molecule has 0 aliphatic carbocycles. The van der Waals surface area contributed by atoms with E-state index < -0.39 is 12.2 Å². The number of hydrogen-bond donors (Lipinski definition) is 1. The van der Waals surface area contributed by atoms with Crippen molar-refractivity contribution in [3.8, 4) is 0 Å². The average molecular weight is 274 g/mol. The van der Waals surface area contributed by atoms with Crippen molar-refractivity contribution in [1.82, 2.24) is 0 Å². The van der Waals surface area contributed by atoms with Gasteiger partial charge in [0.15, 0.2) is 0 Å². The smallest absolute Gasteiger partial charge is 0.415 e. The molecule has 1 aromatic rings. The summed E-state index contributed by atoms with van der Waals surface area (Å²) in [6, 6.07) is 3.58. The molecular formula is C14H14N2O4. The Kier molecular flexibility index (Phi) is 2.18. The van der Waals surface area contributed by atoms with Crippen LogP contribution in [0.2, 0.25) is 0 Å². The molecular weight excluding hydrogens is 260 g/mol. The fraction of sp³-hybridized carbons (Fsp3) is 0.429. The van der Waals surface area contributed by atoms with Crippen molar-refractivity contribution < 1.29 is 19.4 Å². The number of nitrogens with zero attached hydrogens (tertiary/aromatic N) is 2. The summed E-state index contributed by atoms with van der Waals surface area (Å²) in [5.41, 5.74) is 3.79. The summed E-state index contributed by atoms with van der Waals surface area (Å²) in [7, 11) is 1.77. The van der Waals surface area contributed by atoms with Crippen molar-refractivity contribution in [3.63, 3.8) is 0 Å². The monoisotopic (exact) mass is 274 g/mol. The molecule has 6 nitrogen and oxygen atoms in total. The molecule has 1 N–H and O–H groups in total. The third-order valence-corrected chi connectivity index (χ3v) is 4.51. The van der Waals surface area contributed by atoms with Gasteiger partial charge in [0, 0.05) is 12.7 Å². The Bertz CT molecular complexity index is 642. The van der Waals surface area contributed by atoms with Crippen LogP contribution in [-0.2, 0) is 22.4 Å². The molecule has 3 aliphatic rings. The molecule has 104 valence electrons. The van der Waals surface area contributed by atoms with Gasteiger partial charge in [-0.15, -0.1) is 0 Å². The van der Waals surface area contributed by atoms with E-state index in [0.717, 1.165) is 22.5 Å². The summed E-state index contributed by atoms with van der Waals surface area (Å²) in [6.07, 6.45) is 0.121. The number of carbonyl (C=O) groups excluding carboxylic acids is 2. The number of fused-ring (bicyclic) bond motifs is 5. The largest absolute Gasteiger partial charge is 0.441 e. The van der Waals surface area contributed by atoms with Gasteiger partial charge in [0.1, 0.15) is 6.10 Å². The van der Waals surface area contributed by atoms with Crippen LogP contribution in [0.25, 0.3) is 0 Å². The van der Waals surface area contributed by atoms with E-state index in [1.165, 1.54) is 0 Å². The summed E-state index contributed by atoms with van der Waals surface area (Å²) in [5, 5.41) is 9.32. The van der Waals surface area contributed by atoms with Gasteiger partial charge in [-0.2, -0.15) is 0 Å². The summed E-state index contributed by atoms with van der Waals surface area (Å²) >= 11 is 0. The topological polar surface area (TPSA) is 70.1 Å². The third-order valence-electron chi connectivity index (χ3n) is 4.51. The number of aliphatic hydroxyl groups excluding tert-OH is 1. The number of amides is 2. The molecule has 1 fully saturated rings. The highest BCUT2D eigenvalue weighted by Crippen LogP contribution is 2.44. The van der Waals surface area contributed by atoms with Crippen LogP contribution in [0.15, 0.2) is 12.1 Å². The molecule has 2 amide bonds. The maximum absolute atomic E-state index is 11.9. The average Bonchev–Trinajstić information content (AvgIpc) is 3.04. The van der Waals surface area contributed by atoms with Crippen LogP contribution in [-0.4, -0.2) is 42.9 Å². The Hall–Kier alpha value is -2.08. The molecule has 0 radical (unpaired) electrons. The molecule has 1 saturated heterocycles. The standard InChI is InChI=1S/C14H14N2O4/c1-15-9-2-3-10-7(8(9)5-13(15)18)4-11-12(6-17)20-14(19)16(10)11/h2-3,11-12,17H,4-6H2,1H3/t11-,12-/m0/s1. The number of anilines is 2. The van der Waals surface area contributed by atoms with Gasteiger partial charge >= 0.3 is 6.09 Å². The van der Waals surface area contributed by atoms with Gasteiger partial charge in [-0.3, -0.25) is 9.69 Å². The second kappa shape index (κ2) is 3.73. The second-order valence-electron chi connectivity index (χ2n) is 5.44. The van der Waals surface area contributed by atoms with E-state index in [2.05, 4.69) is 0 Å². The normalized spacial score (nSPS) is 26.7. The predicted molar refractivity (Wildman–Crippen MR) is 70.9 cm³/mol. The van der Waals surface area contributed by atoms with Crippen LogP contribution in [0.1, 0.15) is 11.1 Å². The van der Waals surface area contributed by atoms with Crippen LogP contribution >= 0.6 is 0 Å². The molecule has 0 spiro atoms. The van der Waals surface area contributed by atoms with Crippen molar-refractivity contribution in [2.75, 3.05) is 23.5 Å². The summed E-state index contributed by atoms with van der Waals surface area (Å²) in [5.74, 6) is 0.0711. The molecule has 1 aromatic carbocycles. The van der Waals surface area contributed by atoms with Gasteiger partial charge in [0.25, 0.3) is 0 Å². The number of likely N-dealkylation sites (N-methyl/N-ethyl adjacent to an activating group) is 1. The molecule has 0 saturated carbocycles. The number of carbonyl (C=O) groups is 2. The first-order valence-electron chi connectivity index (χ1n) is 6.64. The minimum absolute atomic E-state index is 0.0711. The fourth-order valence-corrected chi connectivity index (χ4v) is 3.47. The number of aliphatic hydroxyl groups is 1. The molecule has 0 unspecified atom stereocenters. The lowest BCUT2D eigenvalue weighted by molar-refractivity contribution is -0.117. The van der Waals surface area contributed by atoms with Crippen molar-refractivity contribution in [2.24, 2.45) is 0 Å². The van der Waals surface area contributed by atoms with Crippen LogP contribution in [0, 0.1) is 0 Å². The lowest BCUT2D eigenvalue weighted by Crippen LogP contribution is -2.34. The minimum atomic E-state index is -0.486. The molecule has 2 atom stereocenters. The zero-order valence-corrected chi connectivity index (χ0v) is 11.0. The first-order chi connectivity index (χ1) is 9.61. The quantitative estimate of drug-likeness (QED) is 0.807. The first-order valence-corrected chi connectivity index (χ1v) is 6.64. The van der Waals surface area contributed by atoms with Crippen LogP contribution in [0.5, 0.6) is 0 Å². The highest BCUT2D eigenvalue weighted by molar-refractivity contribution is 6.04. The summed E-state index contributed by atoms with van der Waals surface area (Å²) in [6.45, 7) is -0.179. The number of cyclic esters (lactones) is 1. The van der Waals surface area contributed by atoms with Gasteiger partial charge in [0.2, 0.25) is 5.91 Å². The van der Waals surface area contributed by atoms with E-state index in [-0.39, 0.29) is 18.6 Å². The van der Waals surface area contributed by atoms with Gasteiger partial charge in [-0.1, -0.05) is 0 Å². The van der Waals surface area contributed by atoms with Gasteiger partial charge < -0.3 is 14.7 Å². The molecule has 20 heavy (non-hydrogen) atoms.